The largest absolute Gasteiger partial charge is 0.414 e. The lowest BCUT2D eigenvalue weighted by atomic mass is 10.3. The molecule has 0 unspecified atom stereocenters. The molecule has 0 fully saturated rings. The zero-order valence-electron chi connectivity index (χ0n) is 9.41. The number of hydrogen-bond donors (Lipinski definition) is 1. The highest BCUT2D eigenvalue weighted by atomic mass is 16.6. The van der Waals surface area contributed by atoms with Crippen molar-refractivity contribution in [1.29, 1.82) is 0 Å². The van der Waals surface area contributed by atoms with Crippen molar-refractivity contribution in [2.45, 2.75) is 0 Å². The number of carbonyl (C=O) groups is 1. The van der Waals surface area contributed by atoms with Crippen LogP contribution in [-0.4, -0.2) is 36.5 Å². The van der Waals surface area contributed by atoms with Crippen molar-refractivity contribution >= 4 is 12.3 Å². The number of hydrogen-bond acceptors (Lipinski definition) is 4. The van der Waals surface area contributed by atoms with Gasteiger partial charge in [0.2, 0.25) is 11.9 Å². The standard InChI is InChI=1S/C10H13N3O3/c1-12(2)10(14)16-9-5-4-8(6-11-15)13(3)7-9/h4-7H,1-3H3/p+1. The molecule has 1 N–H and O–H groups in total. The molecule has 16 heavy (non-hydrogen) atoms. The monoisotopic (exact) mass is 224 g/mol. The van der Waals surface area contributed by atoms with Gasteiger partial charge in [0, 0.05) is 20.2 Å². The lowest BCUT2D eigenvalue weighted by Gasteiger charge is -2.09. The van der Waals surface area contributed by atoms with Crippen LogP contribution >= 0.6 is 0 Å². The van der Waals surface area contributed by atoms with E-state index >= 15 is 0 Å². The molecule has 0 aromatic carbocycles. The van der Waals surface area contributed by atoms with E-state index in [-0.39, 0.29) is 0 Å². The maximum Gasteiger partial charge on any atom is 0.414 e. The van der Waals surface area contributed by atoms with Crippen LogP contribution in [0.4, 0.5) is 4.79 Å². The summed E-state index contributed by atoms with van der Waals surface area (Å²) in [6, 6.07) is 3.30. The fourth-order valence-corrected chi connectivity index (χ4v) is 1.04. The van der Waals surface area contributed by atoms with Gasteiger partial charge in [-0.3, -0.25) is 0 Å². The van der Waals surface area contributed by atoms with Gasteiger partial charge in [0.05, 0.1) is 0 Å². The Morgan fingerprint density at radius 3 is 2.75 bits per heavy atom. The van der Waals surface area contributed by atoms with Crippen molar-refractivity contribution in [3.63, 3.8) is 0 Å². The molecule has 0 spiro atoms. The third kappa shape index (κ3) is 2.94. The van der Waals surface area contributed by atoms with E-state index in [0.29, 0.717) is 11.4 Å². The first-order chi connectivity index (χ1) is 7.54. The van der Waals surface area contributed by atoms with E-state index in [2.05, 4.69) is 5.16 Å². The van der Waals surface area contributed by atoms with Gasteiger partial charge in [0.15, 0.2) is 5.75 Å². The van der Waals surface area contributed by atoms with E-state index in [0.717, 1.165) is 0 Å². The summed E-state index contributed by atoms with van der Waals surface area (Å²) in [6.07, 6.45) is 2.47. The Bertz CT molecular complexity index is 416. The molecule has 0 radical (unpaired) electrons. The van der Waals surface area contributed by atoms with Gasteiger partial charge < -0.3 is 14.8 Å². The highest BCUT2D eigenvalue weighted by Crippen LogP contribution is 2.07. The van der Waals surface area contributed by atoms with Crippen molar-refractivity contribution in [2.24, 2.45) is 12.2 Å². The summed E-state index contributed by atoms with van der Waals surface area (Å²) < 4.78 is 6.73. The van der Waals surface area contributed by atoms with Crippen LogP contribution in [0.3, 0.4) is 0 Å². The Hall–Kier alpha value is -2.11. The van der Waals surface area contributed by atoms with E-state index in [4.69, 9.17) is 9.94 Å². The van der Waals surface area contributed by atoms with Crippen LogP contribution in [0.15, 0.2) is 23.5 Å². The molecular formula is C10H14N3O3+. The Kier molecular flexibility index (Phi) is 3.82. The summed E-state index contributed by atoms with van der Waals surface area (Å²) in [4.78, 5) is 12.6. The number of nitrogens with zero attached hydrogens (tertiary/aromatic N) is 3. The normalized spacial score (nSPS) is 10.4. The van der Waals surface area contributed by atoms with Crippen LogP contribution in [-0.2, 0) is 7.05 Å². The quantitative estimate of drug-likeness (QED) is 0.342. The summed E-state index contributed by atoms with van der Waals surface area (Å²) in [5, 5.41) is 11.3. The summed E-state index contributed by atoms with van der Waals surface area (Å²) in [5.74, 6) is 0.427. The summed E-state index contributed by atoms with van der Waals surface area (Å²) in [7, 11) is 4.97. The predicted molar refractivity (Wildman–Crippen MR) is 56.7 cm³/mol. The molecule has 0 saturated carbocycles. The molecular weight excluding hydrogens is 210 g/mol. The van der Waals surface area contributed by atoms with Crippen LogP contribution in [0.25, 0.3) is 0 Å². The van der Waals surface area contributed by atoms with Crippen LogP contribution in [0.1, 0.15) is 5.69 Å². The van der Waals surface area contributed by atoms with Crippen LogP contribution in [0.5, 0.6) is 5.75 Å². The molecule has 1 rings (SSSR count). The van der Waals surface area contributed by atoms with Gasteiger partial charge in [0.1, 0.15) is 13.3 Å². The van der Waals surface area contributed by atoms with Crippen LogP contribution in [0.2, 0.25) is 0 Å². The highest BCUT2D eigenvalue weighted by molar-refractivity contribution is 5.74. The fourth-order valence-electron chi connectivity index (χ4n) is 1.04. The minimum absolute atomic E-state index is 0.427. The van der Waals surface area contributed by atoms with Gasteiger partial charge in [0.25, 0.3) is 0 Å². The topological polar surface area (TPSA) is 66.0 Å². The predicted octanol–water partition coefficient (Wildman–Crippen LogP) is 0.380. The first-order valence-electron chi connectivity index (χ1n) is 4.61. The van der Waals surface area contributed by atoms with Crippen molar-refractivity contribution in [3.8, 4) is 5.75 Å². The molecule has 6 nitrogen and oxygen atoms in total. The van der Waals surface area contributed by atoms with Gasteiger partial charge in [-0.1, -0.05) is 5.16 Å². The summed E-state index contributed by atoms with van der Waals surface area (Å²) in [5.41, 5.74) is 0.687. The number of ether oxygens (including phenoxy) is 1. The first kappa shape index (κ1) is 12.0. The third-order valence-electron chi connectivity index (χ3n) is 1.91. The molecule has 1 aromatic heterocycles. The second-order valence-electron chi connectivity index (χ2n) is 3.41. The second-order valence-corrected chi connectivity index (χ2v) is 3.41. The minimum Gasteiger partial charge on any atom is -0.411 e. The Labute approximate surface area is 93.4 Å². The molecule has 0 aliphatic rings. The van der Waals surface area contributed by atoms with E-state index in [1.807, 2.05) is 0 Å². The lowest BCUT2D eigenvalue weighted by molar-refractivity contribution is -0.672. The third-order valence-corrected chi connectivity index (χ3v) is 1.91. The van der Waals surface area contributed by atoms with Crippen molar-refractivity contribution < 1.29 is 19.3 Å². The average Bonchev–Trinajstić information content (AvgIpc) is 2.22. The molecule has 6 heteroatoms. The summed E-state index contributed by atoms with van der Waals surface area (Å²) in [6.45, 7) is 0. The minimum atomic E-state index is -0.441. The summed E-state index contributed by atoms with van der Waals surface area (Å²) >= 11 is 0. The van der Waals surface area contributed by atoms with Gasteiger partial charge in [-0.15, -0.1) is 0 Å². The average molecular weight is 224 g/mol. The zero-order valence-corrected chi connectivity index (χ0v) is 9.41. The van der Waals surface area contributed by atoms with Crippen LogP contribution in [0, 0.1) is 0 Å². The smallest absolute Gasteiger partial charge is 0.411 e. The van der Waals surface area contributed by atoms with Crippen molar-refractivity contribution in [1.82, 2.24) is 4.90 Å². The molecule has 1 amide bonds. The Morgan fingerprint density at radius 1 is 1.56 bits per heavy atom. The highest BCUT2D eigenvalue weighted by Gasteiger charge is 2.11. The van der Waals surface area contributed by atoms with Crippen molar-refractivity contribution in [2.75, 3.05) is 14.1 Å². The molecule has 0 aliphatic heterocycles. The number of aryl methyl sites for hydroxylation is 1. The fraction of sp³-hybridized carbons (Fsp3) is 0.300. The first-order valence-corrected chi connectivity index (χ1v) is 4.61. The second kappa shape index (κ2) is 5.11. The molecule has 0 saturated heterocycles. The molecule has 86 valence electrons. The number of carbonyl (C=O) groups excluding carboxylic acids is 1. The number of amides is 1. The van der Waals surface area contributed by atoms with E-state index in [1.54, 1.807) is 44.0 Å². The Balaban J connectivity index is 2.85. The van der Waals surface area contributed by atoms with Gasteiger partial charge in [-0.2, -0.15) is 4.57 Å². The lowest BCUT2D eigenvalue weighted by Crippen LogP contribution is -2.34. The molecule has 0 bridgehead atoms. The molecule has 0 atom stereocenters. The number of rotatable bonds is 2. The van der Waals surface area contributed by atoms with E-state index in [1.165, 1.54) is 11.1 Å². The SMILES string of the molecule is CN(C)C(=O)Oc1ccc(C=NO)[n+](C)c1. The zero-order chi connectivity index (χ0) is 12.1. The Morgan fingerprint density at radius 2 is 2.25 bits per heavy atom. The van der Waals surface area contributed by atoms with Gasteiger partial charge in [-0.05, 0) is 6.07 Å². The number of aromatic nitrogens is 1. The van der Waals surface area contributed by atoms with Crippen molar-refractivity contribution in [3.05, 3.63) is 24.0 Å². The number of pyridine rings is 1. The molecule has 1 heterocycles. The van der Waals surface area contributed by atoms with E-state index in [9.17, 15) is 4.79 Å². The van der Waals surface area contributed by atoms with Gasteiger partial charge >= 0.3 is 6.09 Å². The maximum atomic E-state index is 11.3. The number of oxime groups is 1. The molecule has 0 aliphatic carbocycles. The maximum absolute atomic E-state index is 11.3. The van der Waals surface area contributed by atoms with Gasteiger partial charge in [-0.25, -0.2) is 4.79 Å². The van der Waals surface area contributed by atoms with Crippen LogP contribution < -0.4 is 9.30 Å². The van der Waals surface area contributed by atoms with E-state index < -0.39 is 6.09 Å². The molecule has 1 aromatic rings.